The van der Waals surface area contributed by atoms with Crippen LogP contribution in [0.5, 0.6) is 0 Å². The van der Waals surface area contributed by atoms with Crippen LogP contribution in [0.15, 0.2) is 23.1 Å². The molecule has 0 saturated carbocycles. The maximum Gasteiger partial charge on any atom is 0.192 e. The molecule has 2 atom stereocenters. The number of rotatable bonds is 1. The first kappa shape index (κ1) is 12.8. The van der Waals surface area contributed by atoms with Gasteiger partial charge in [-0.05, 0) is 25.8 Å². The van der Waals surface area contributed by atoms with Crippen LogP contribution in [0.3, 0.4) is 0 Å². The smallest absolute Gasteiger partial charge is 0.192 e. The van der Waals surface area contributed by atoms with Crippen molar-refractivity contribution in [3.63, 3.8) is 0 Å². The number of nitrogens with zero attached hydrogens (tertiary/aromatic N) is 2. The molecule has 0 aromatic carbocycles. The monoisotopic (exact) mass is 269 g/mol. The van der Waals surface area contributed by atoms with Gasteiger partial charge in [-0.25, -0.2) is 4.98 Å². The van der Waals surface area contributed by atoms with Crippen molar-refractivity contribution in [1.82, 2.24) is 9.97 Å². The number of nitriles is 1. The van der Waals surface area contributed by atoms with Gasteiger partial charge in [-0.3, -0.25) is 4.79 Å². The number of pyridine rings is 2. The fourth-order valence-electron chi connectivity index (χ4n) is 2.65. The van der Waals surface area contributed by atoms with Crippen molar-refractivity contribution < 1.29 is 4.74 Å². The summed E-state index contributed by atoms with van der Waals surface area (Å²) in [4.78, 5) is 19.4. The third-order valence-corrected chi connectivity index (χ3v) is 3.81. The minimum absolute atomic E-state index is 0.156. The first-order valence-corrected chi connectivity index (χ1v) is 6.72. The van der Waals surface area contributed by atoms with E-state index in [1.807, 2.05) is 6.07 Å². The standard InChI is InChI=1S/C15H15N3O2/c1-9-2-3-10(8-20-9)12-6-14(19)15-11(18-12)4-5-17-13(15)7-16/h4-6,9-10H,2-3,8H2,1H3,(H,18,19). The van der Waals surface area contributed by atoms with Crippen molar-refractivity contribution >= 4 is 10.9 Å². The minimum Gasteiger partial charge on any atom is -0.378 e. The first-order chi connectivity index (χ1) is 9.69. The second-order valence-electron chi connectivity index (χ2n) is 5.20. The molecule has 1 saturated heterocycles. The number of hydrogen-bond donors (Lipinski definition) is 1. The van der Waals surface area contributed by atoms with Gasteiger partial charge in [0.05, 0.1) is 23.6 Å². The highest BCUT2D eigenvalue weighted by Crippen LogP contribution is 2.27. The highest BCUT2D eigenvalue weighted by atomic mass is 16.5. The second-order valence-corrected chi connectivity index (χ2v) is 5.20. The Bertz CT molecular complexity index is 737. The molecule has 2 aromatic rings. The van der Waals surface area contributed by atoms with E-state index < -0.39 is 0 Å². The quantitative estimate of drug-likeness (QED) is 0.859. The highest BCUT2D eigenvalue weighted by Gasteiger charge is 2.22. The number of hydrogen-bond acceptors (Lipinski definition) is 4. The number of fused-ring (bicyclic) bond motifs is 1. The fourth-order valence-corrected chi connectivity index (χ4v) is 2.65. The fraction of sp³-hybridized carbons (Fsp3) is 0.400. The first-order valence-electron chi connectivity index (χ1n) is 6.72. The summed E-state index contributed by atoms with van der Waals surface area (Å²) in [6.45, 7) is 2.68. The molecule has 3 rings (SSSR count). The number of aromatic nitrogens is 2. The van der Waals surface area contributed by atoms with Crippen molar-refractivity contribution in [1.29, 1.82) is 5.26 Å². The Morgan fingerprint density at radius 1 is 1.50 bits per heavy atom. The Morgan fingerprint density at radius 2 is 2.35 bits per heavy atom. The third-order valence-electron chi connectivity index (χ3n) is 3.81. The van der Waals surface area contributed by atoms with Gasteiger partial charge in [0.1, 0.15) is 6.07 Å². The summed E-state index contributed by atoms with van der Waals surface area (Å²) >= 11 is 0. The van der Waals surface area contributed by atoms with Crippen LogP contribution in [0.25, 0.3) is 10.9 Å². The zero-order valence-electron chi connectivity index (χ0n) is 11.2. The molecule has 0 bridgehead atoms. The van der Waals surface area contributed by atoms with E-state index in [0.29, 0.717) is 17.5 Å². The van der Waals surface area contributed by atoms with E-state index in [1.165, 1.54) is 0 Å². The lowest BCUT2D eigenvalue weighted by Crippen LogP contribution is -2.24. The molecule has 0 spiro atoms. The Morgan fingerprint density at radius 3 is 3.05 bits per heavy atom. The van der Waals surface area contributed by atoms with Gasteiger partial charge >= 0.3 is 0 Å². The van der Waals surface area contributed by atoms with Gasteiger partial charge in [0, 0.05) is 23.9 Å². The summed E-state index contributed by atoms with van der Waals surface area (Å²) < 4.78 is 5.65. The normalized spacial score (nSPS) is 22.6. The summed E-state index contributed by atoms with van der Waals surface area (Å²) in [6.07, 6.45) is 3.82. The molecule has 1 aliphatic rings. The Labute approximate surface area is 116 Å². The molecule has 1 aliphatic heterocycles. The molecule has 102 valence electrons. The number of aromatic amines is 1. The Kier molecular flexibility index (Phi) is 3.25. The van der Waals surface area contributed by atoms with Crippen LogP contribution < -0.4 is 5.43 Å². The SMILES string of the molecule is CC1CCC(c2cc(=O)c3c(C#N)nccc3[nH]2)CO1. The van der Waals surface area contributed by atoms with E-state index in [0.717, 1.165) is 18.5 Å². The van der Waals surface area contributed by atoms with Crippen LogP contribution in [0.4, 0.5) is 0 Å². The van der Waals surface area contributed by atoms with Crippen molar-refractivity contribution in [2.75, 3.05) is 6.61 Å². The largest absolute Gasteiger partial charge is 0.378 e. The highest BCUT2D eigenvalue weighted by molar-refractivity contribution is 5.82. The van der Waals surface area contributed by atoms with Crippen LogP contribution in [0.2, 0.25) is 0 Å². The third kappa shape index (κ3) is 2.19. The maximum absolute atomic E-state index is 12.2. The molecular weight excluding hydrogens is 254 g/mol. The minimum atomic E-state index is -0.156. The van der Waals surface area contributed by atoms with E-state index in [1.54, 1.807) is 18.3 Å². The molecule has 3 heterocycles. The lowest BCUT2D eigenvalue weighted by atomic mass is 9.95. The number of ether oxygens (including phenoxy) is 1. The van der Waals surface area contributed by atoms with Crippen molar-refractivity contribution in [3.8, 4) is 6.07 Å². The molecule has 5 nitrogen and oxygen atoms in total. The van der Waals surface area contributed by atoms with Gasteiger partial charge in [0.25, 0.3) is 0 Å². The number of H-pyrrole nitrogens is 1. The lowest BCUT2D eigenvalue weighted by Gasteiger charge is -2.26. The van der Waals surface area contributed by atoms with Crippen LogP contribution in [-0.4, -0.2) is 22.7 Å². The van der Waals surface area contributed by atoms with E-state index >= 15 is 0 Å². The molecule has 2 aromatic heterocycles. The van der Waals surface area contributed by atoms with Gasteiger partial charge in [0.15, 0.2) is 11.1 Å². The van der Waals surface area contributed by atoms with Gasteiger partial charge in [-0.1, -0.05) is 0 Å². The predicted octanol–water partition coefficient (Wildman–Crippen LogP) is 2.08. The molecule has 0 amide bonds. The van der Waals surface area contributed by atoms with E-state index in [2.05, 4.69) is 16.9 Å². The summed E-state index contributed by atoms with van der Waals surface area (Å²) in [5.74, 6) is 0.210. The zero-order valence-corrected chi connectivity index (χ0v) is 11.2. The van der Waals surface area contributed by atoms with Crippen LogP contribution in [0.1, 0.15) is 37.1 Å². The average molecular weight is 269 g/mol. The van der Waals surface area contributed by atoms with Crippen LogP contribution >= 0.6 is 0 Å². The summed E-state index contributed by atoms with van der Waals surface area (Å²) in [5, 5.41) is 9.39. The van der Waals surface area contributed by atoms with Gasteiger partial charge in [-0.15, -0.1) is 0 Å². The molecule has 1 fully saturated rings. The molecule has 0 aliphatic carbocycles. The molecule has 1 N–H and O–H groups in total. The summed E-state index contributed by atoms with van der Waals surface area (Å²) in [6, 6.07) is 5.27. The second kappa shape index (κ2) is 5.06. The molecule has 20 heavy (non-hydrogen) atoms. The predicted molar refractivity (Wildman–Crippen MR) is 74.5 cm³/mol. The molecule has 2 unspecified atom stereocenters. The van der Waals surface area contributed by atoms with Gasteiger partial charge < -0.3 is 9.72 Å². The van der Waals surface area contributed by atoms with Crippen LogP contribution in [-0.2, 0) is 4.74 Å². The zero-order chi connectivity index (χ0) is 14.1. The van der Waals surface area contributed by atoms with Crippen LogP contribution in [0, 0.1) is 11.3 Å². The van der Waals surface area contributed by atoms with Crippen molar-refractivity contribution in [2.24, 2.45) is 0 Å². The van der Waals surface area contributed by atoms with Gasteiger partial charge in [-0.2, -0.15) is 5.26 Å². The average Bonchev–Trinajstić information content (AvgIpc) is 2.47. The van der Waals surface area contributed by atoms with Crippen molar-refractivity contribution in [2.45, 2.75) is 31.8 Å². The van der Waals surface area contributed by atoms with Gasteiger partial charge in [0.2, 0.25) is 0 Å². The van der Waals surface area contributed by atoms with E-state index in [4.69, 9.17) is 10.00 Å². The molecule has 0 radical (unpaired) electrons. The van der Waals surface area contributed by atoms with E-state index in [9.17, 15) is 4.79 Å². The molecule has 5 heteroatoms. The topological polar surface area (TPSA) is 78.8 Å². The number of nitrogens with one attached hydrogen (secondary N) is 1. The summed E-state index contributed by atoms with van der Waals surface area (Å²) in [7, 11) is 0. The Balaban J connectivity index is 2.07. The van der Waals surface area contributed by atoms with Crippen molar-refractivity contribution in [3.05, 3.63) is 39.9 Å². The maximum atomic E-state index is 12.2. The lowest BCUT2D eigenvalue weighted by molar-refractivity contribution is 0.0147. The molecular formula is C15H15N3O2. The Hall–Kier alpha value is -2.19. The summed E-state index contributed by atoms with van der Waals surface area (Å²) in [5.41, 5.74) is 1.56. The van der Waals surface area contributed by atoms with E-state index in [-0.39, 0.29) is 23.1 Å².